The minimum Gasteiger partial charge on any atom is -0.493 e. The van der Waals surface area contributed by atoms with Crippen molar-refractivity contribution >= 4 is 34.0 Å². The van der Waals surface area contributed by atoms with Gasteiger partial charge in [0, 0.05) is 27.1 Å². The number of hydrogen-bond acceptors (Lipinski definition) is 7. The van der Waals surface area contributed by atoms with Gasteiger partial charge in [0.25, 0.3) is 0 Å². The van der Waals surface area contributed by atoms with Crippen molar-refractivity contribution in [2.45, 2.75) is 33.5 Å². The molecule has 11 heteroatoms. The van der Waals surface area contributed by atoms with Gasteiger partial charge in [-0.2, -0.15) is 5.10 Å². The number of ether oxygens (including phenoxy) is 3. The Hall–Kier alpha value is -4.51. The number of aryl methyl sites for hydroxylation is 2. The summed E-state index contributed by atoms with van der Waals surface area (Å²) in [7, 11) is 1.43. The van der Waals surface area contributed by atoms with Gasteiger partial charge in [-0.3, -0.25) is 4.79 Å². The number of benzene rings is 2. The largest absolute Gasteiger partial charge is 0.493 e. The SMILES string of the molecule is COc1cc(Br)cc(C=NNC(=O)c2ccc(COc3ccc(-n4c(C)ccc4C)cc3)o2)c1O[C@@H](C)C(=O)O. The van der Waals surface area contributed by atoms with E-state index < -0.39 is 18.0 Å². The van der Waals surface area contributed by atoms with Crippen LogP contribution in [0.1, 0.15) is 40.2 Å². The van der Waals surface area contributed by atoms with Crippen LogP contribution in [0.15, 0.2) is 74.7 Å². The molecule has 208 valence electrons. The fourth-order valence-corrected chi connectivity index (χ4v) is 4.36. The van der Waals surface area contributed by atoms with Crippen LogP contribution in [0, 0.1) is 13.8 Å². The number of carbonyl (C=O) groups is 2. The number of nitrogens with one attached hydrogen (secondary N) is 1. The molecule has 0 spiro atoms. The molecule has 1 atom stereocenters. The van der Waals surface area contributed by atoms with Crippen molar-refractivity contribution in [2.75, 3.05) is 7.11 Å². The number of amides is 1. The lowest BCUT2D eigenvalue weighted by Crippen LogP contribution is -2.24. The molecule has 0 aliphatic rings. The molecule has 1 amide bonds. The van der Waals surface area contributed by atoms with E-state index in [1.165, 1.54) is 26.3 Å². The Kier molecular flexibility index (Phi) is 8.95. The number of aromatic nitrogens is 1. The summed E-state index contributed by atoms with van der Waals surface area (Å²) in [5, 5.41) is 13.2. The predicted molar refractivity (Wildman–Crippen MR) is 152 cm³/mol. The van der Waals surface area contributed by atoms with E-state index in [9.17, 15) is 14.7 Å². The molecule has 0 aliphatic carbocycles. The van der Waals surface area contributed by atoms with Crippen molar-refractivity contribution in [2.24, 2.45) is 5.10 Å². The maximum Gasteiger partial charge on any atom is 0.344 e. The molecule has 0 radical (unpaired) electrons. The Labute approximate surface area is 239 Å². The van der Waals surface area contributed by atoms with Gasteiger partial charge >= 0.3 is 11.9 Å². The zero-order valence-corrected chi connectivity index (χ0v) is 23.9. The van der Waals surface area contributed by atoms with Crippen LogP contribution >= 0.6 is 15.9 Å². The normalized spacial score (nSPS) is 11.8. The molecule has 0 aliphatic heterocycles. The topological polar surface area (TPSA) is 125 Å². The summed E-state index contributed by atoms with van der Waals surface area (Å²) < 4.78 is 25.1. The molecule has 2 aromatic heterocycles. The zero-order chi connectivity index (χ0) is 28.8. The number of aliphatic carboxylic acids is 1. The minimum atomic E-state index is -1.14. The molecular weight excluding hydrogens is 582 g/mol. The van der Waals surface area contributed by atoms with Gasteiger partial charge in [0.15, 0.2) is 23.4 Å². The minimum absolute atomic E-state index is 0.0486. The Morgan fingerprint density at radius 2 is 1.80 bits per heavy atom. The van der Waals surface area contributed by atoms with Crippen LogP contribution in [-0.2, 0) is 11.4 Å². The van der Waals surface area contributed by atoms with Crippen LogP contribution in [0.25, 0.3) is 5.69 Å². The quantitative estimate of drug-likeness (QED) is 0.166. The molecule has 4 rings (SSSR count). The highest BCUT2D eigenvalue weighted by Gasteiger charge is 2.19. The van der Waals surface area contributed by atoms with E-state index in [0.29, 0.717) is 27.3 Å². The van der Waals surface area contributed by atoms with E-state index in [0.717, 1.165) is 17.1 Å². The number of hydrogen-bond donors (Lipinski definition) is 2. The van der Waals surface area contributed by atoms with E-state index in [1.807, 2.05) is 24.3 Å². The molecule has 0 bridgehead atoms. The molecule has 10 nitrogen and oxygen atoms in total. The van der Waals surface area contributed by atoms with Crippen LogP contribution < -0.4 is 19.6 Å². The lowest BCUT2D eigenvalue weighted by molar-refractivity contribution is -0.144. The second kappa shape index (κ2) is 12.6. The van der Waals surface area contributed by atoms with Crippen LogP contribution in [0.2, 0.25) is 0 Å². The number of furan rings is 1. The first-order valence-electron chi connectivity index (χ1n) is 12.2. The number of carboxylic acid groups (broad SMARTS) is 1. The second-order valence-corrected chi connectivity index (χ2v) is 9.74. The van der Waals surface area contributed by atoms with Gasteiger partial charge in [-0.15, -0.1) is 0 Å². The summed E-state index contributed by atoms with van der Waals surface area (Å²) >= 11 is 3.36. The van der Waals surface area contributed by atoms with Crippen LogP contribution in [0.5, 0.6) is 17.2 Å². The molecule has 0 saturated heterocycles. The van der Waals surface area contributed by atoms with Crippen molar-refractivity contribution in [1.29, 1.82) is 0 Å². The second-order valence-electron chi connectivity index (χ2n) is 8.82. The fraction of sp³-hybridized carbons (Fsp3) is 0.207. The lowest BCUT2D eigenvalue weighted by atomic mass is 10.2. The number of hydrazone groups is 1. The number of methoxy groups -OCH3 is 1. The summed E-state index contributed by atoms with van der Waals surface area (Å²) in [6, 6.07) is 18.3. The summed E-state index contributed by atoms with van der Waals surface area (Å²) in [4.78, 5) is 23.8. The maximum absolute atomic E-state index is 12.6. The van der Waals surface area contributed by atoms with Crippen LogP contribution in [0.3, 0.4) is 0 Å². The molecule has 0 unspecified atom stereocenters. The summed E-state index contributed by atoms with van der Waals surface area (Å²) in [5.41, 5.74) is 6.12. The Morgan fingerprint density at radius 1 is 1.10 bits per heavy atom. The Bertz CT molecular complexity index is 1520. The average molecular weight is 610 g/mol. The number of nitrogens with zero attached hydrogens (tertiary/aromatic N) is 2. The zero-order valence-electron chi connectivity index (χ0n) is 22.3. The van der Waals surface area contributed by atoms with Gasteiger partial charge in [0.05, 0.1) is 13.3 Å². The molecule has 0 fully saturated rings. The molecule has 4 aromatic rings. The Morgan fingerprint density at radius 3 is 2.45 bits per heavy atom. The van der Waals surface area contributed by atoms with E-state index in [2.05, 4.69) is 57.0 Å². The molecule has 2 heterocycles. The van der Waals surface area contributed by atoms with Crippen molar-refractivity contribution in [3.8, 4) is 22.9 Å². The van der Waals surface area contributed by atoms with Gasteiger partial charge in [0.1, 0.15) is 18.1 Å². The van der Waals surface area contributed by atoms with Crippen molar-refractivity contribution < 1.29 is 33.3 Å². The average Bonchev–Trinajstić information content (AvgIpc) is 3.54. The molecule has 40 heavy (non-hydrogen) atoms. The standard InChI is InChI=1S/C29H28BrN3O7/c1-17-5-6-18(2)33(17)22-7-9-23(10-8-22)38-16-24-11-12-25(40-24)28(34)32-31-15-20-13-21(30)14-26(37-4)27(20)39-19(3)29(35)36/h5-15,19H,16H2,1-4H3,(H,32,34)(H,35,36)/t19-/m0/s1. The smallest absolute Gasteiger partial charge is 0.344 e. The number of carboxylic acids is 1. The summed E-state index contributed by atoms with van der Waals surface area (Å²) in [6.07, 6.45) is 0.189. The predicted octanol–water partition coefficient (Wildman–Crippen LogP) is 5.65. The highest BCUT2D eigenvalue weighted by molar-refractivity contribution is 9.10. The van der Waals surface area contributed by atoms with E-state index >= 15 is 0 Å². The van der Waals surface area contributed by atoms with Gasteiger partial charge < -0.3 is 28.3 Å². The van der Waals surface area contributed by atoms with E-state index in [1.54, 1.807) is 18.2 Å². The highest BCUT2D eigenvalue weighted by Crippen LogP contribution is 2.34. The number of halogens is 1. The molecule has 0 saturated carbocycles. The van der Waals surface area contributed by atoms with Crippen LogP contribution in [0.4, 0.5) is 0 Å². The lowest BCUT2D eigenvalue weighted by Gasteiger charge is -2.16. The third kappa shape index (κ3) is 6.73. The first-order chi connectivity index (χ1) is 19.2. The van der Waals surface area contributed by atoms with Crippen molar-refractivity contribution in [3.05, 3.63) is 93.6 Å². The van der Waals surface area contributed by atoms with Gasteiger partial charge in [-0.25, -0.2) is 10.2 Å². The molecule has 2 N–H and O–H groups in total. The molecular formula is C29H28BrN3O7. The summed E-state index contributed by atoms with van der Waals surface area (Å²) in [5.74, 6) is -0.0699. The van der Waals surface area contributed by atoms with E-state index in [-0.39, 0.29) is 18.1 Å². The first-order valence-corrected chi connectivity index (χ1v) is 13.0. The summed E-state index contributed by atoms with van der Waals surface area (Å²) in [6.45, 7) is 5.64. The third-order valence-corrected chi connectivity index (χ3v) is 6.37. The van der Waals surface area contributed by atoms with Gasteiger partial charge in [0.2, 0.25) is 0 Å². The third-order valence-electron chi connectivity index (χ3n) is 5.91. The first kappa shape index (κ1) is 28.5. The monoisotopic (exact) mass is 609 g/mol. The van der Waals surface area contributed by atoms with Gasteiger partial charge in [-0.1, -0.05) is 15.9 Å². The van der Waals surface area contributed by atoms with Crippen molar-refractivity contribution in [3.63, 3.8) is 0 Å². The van der Waals surface area contributed by atoms with E-state index in [4.69, 9.17) is 18.6 Å². The number of rotatable bonds is 11. The van der Waals surface area contributed by atoms with Gasteiger partial charge in [-0.05, 0) is 81.4 Å². The Balaban J connectivity index is 1.37. The molecule has 2 aromatic carbocycles. The maximum atomic E-state index is 12.6. The fourth-order valence-electron chi connectivity index (χ4n) is 3.90. The highest BCUT2D eigenvalue weighted by atomic mass is 79.9. The number of carbonyl (C=O) groups excluding carboxylic acids is 1. The van der Waals surface area contributed by atoms with Crippen molar-refractivity contribution in [1.82, 2.24) is 9.99 Å². The van der Waals surface area contributed by atoms with Crippen LogP contribution in [-0.4, -0.2) is 41.0 Å².